The lowest BCUT2D eigenvalue weighted by Gasteiger charge is -2.09. The van der Waals surface area contributed by atoms with Gasteiger partial charge in [0.2, 0.25) is 0 Å². The molecule has 0 spiro atoms. The minimum atomic E-state index is -4.56. The molecule has 1 rings (SSSR count). The van der Waals surface area contributed by atoms with Crippen LogP contribution in [-0.4, -0.2) is 11.9 Å². The number of carbonyl (C=O) groups is 1. The SMILES string of the molecule is Cl.NC(N)=NC(=O)c1ccc(Br)c(C(F)(F)F)c1. The summed E-state index contributed by atoms with van der Waals surface area (Å²) in [5.74, 6) is -1.44. The molecule has 0 fully saturated rings. The number of nitrogens with two attached hydrogens (primary N) is 2. The Hall–Kier alpha value is -1.28. The minimum absolute atomic E-state index is 0. The summed E-state index contributed by atoms with van der Waals surface area (Å²) >= 11 is 2.75. The van der Waals surface area contributed by atoms with E-state index in [0.717, 1.165) is 6.07 Å². The molecule has 0 aromatic heterocycles. The van der Waals surface area contributed by atoms with Crippen molar-refractivity contribution in [1.82, 2.24) is 0 Å². The Morgan fingerprint density at radius 2 is 1.83 bits per heavy atom. The van der Waals surface area contributed by atoms with Crippen molar-refractivity contribution in [3.8, 4) is 0 Å². The van der Waals surface area contributed by atoms with Gasteiger partial charge in [0.1, 0.15) is 0 Å². The van der Waals surface area contributed by atoms with Crippen LogP contribution in [0.4, 0.5) is 13.2 Å². The van der Waals surface area contributed by atoms with Gasteiger partial charge < -0.3 is 11.5 Å². The largest absolute Gasteiger partial charge is 0.417 e. The molecule has 0 atom stereocenters. The van der Waals surface area contributed by atoms with E-state index in [4.69, 9.17) is 11.5 Å². The quantitative estimate of drug-likeness (QED) is 0.605. The number of rotatable bonds is 1. The topological polar surface area (TPSA) is 81.5 Å². The summed E-state index contributed by atoms with van der Waals surface area (Å²) in [5.41, 5.74) is 8.71. The summed E-state index contributed by atoms with van der Waals surface area (Å²) in [6, 6.07) is 2.98. The number of alkyl halides is 3. The molecule has 0 saturated heterocycles. The predicted octanol–water partition coefficient (Wildman–Crippen LogP) is 2.30. The van der Waals surface area contributed by atoms with Crippen molar-refractivity contribution in [2.75, 3.05) is 0 Å². The standard InChI is InChI=1S/C9H7BrF3N3O.ClH/c10-6-2-1-4(7(17)16-8(14)15)3-5(6)9(11,12)13;/h1-3H,(H4,14,15,16,17);1H. The van der Waals surface area contributed by atoms with Gasteiger partial charge >= 0.3 is 6.18 Å². The molecule has 0 bridgehead atoms. The Labute approximate surface area is 115 Å². The first-order valence-corrected chi connectivity index (χ1v) is 5.02. The van der Waals surface area contributed by atoms with E-state index in [1.807, 2.05) is 0 Å². The molecule has 100 valence electrons. The molecule has 18 heavy (non-hydrogen) atoms. The summed E-state index contributed by atoms with van der Waals surface area (Å²) in [5, 5.41) is 0. The molecule has 0 aliphatic carbocycles. The zero-order valence-electron chi connectivity index (χ0n) is 8.66. The lowest BCUT2D eigenvalue weighted by molar-refractivity contribution is -0.138. The van der Waals surface area contributed by atoms with Crippen LogP contribution in [0.3, 0.4) is 0 Å². The van der Waals surface area contributed by atoms with Crippen LogP contribution >= 0.6 is 28.3 Å². The zero-order valence-corrected chi connectivity index (χ0v) is 11.1. The molecule has 0 aliphatic rings. The number of nitrogens with zero attached hydrogens (tertiary/aromatic N) is 1. The van der Waals surface area contributed by atoms with Crippen LogP contribution in [0, 0.1) is 0 Å². The minimum Gasteiger partial charge on any atom is -0.370 e. The van der Waals surface area contributed by atoms with E-state index >= 15 is 0 Å². The van der Waals surface area contributed by atoms with E-state index in [2.05, 4.69) is 20.9 Å². The molecular weight excluding hydrogens is 338 g/mol. The first-order valence-electron chi connectivity index (χ1n) is 4.22. The van der Waals surface area contributed by atoms with Crippen LogP contribution in [-0.2, 0) is 6.18 Å². The molecule has 4 N–H and O–H groups in total. The number of aliphatic imine (C=N–C) groups is 1. The smallest absolute Gasteiger partial charge is 0.370 e. The molecular formula is C9H8BrClF3N3O. The fourth-order valence-electron chi connectivity index (χ4n) is 1.06. The molecule has 9 heteroatoms. The molecule has 1 aromatic rings. The van der Waals surface area contributed by atoms with Crippen molar-refractivity contribution >= 4 is 40.2 Å². The molecule has 0 aliphatic heterocycles. The van der Waals surface area contributed by atoms with E-state index in [0.29, 0.717) is 6.07 Å². The number of hydrogen-bond acceptors (Lipinski definition) is 1. The van der Waals surface area contributed by atoms with Crippen LogP contribution < -0.4 is 11.5 Å². The van der Waals surface area contributed by atoms with E-state index in [9.17, 15) is 18.0 Å². The molecule has 4 nitrogen and oxygen atoms in total. The van der Waals surface area contributed by atoms with E-state index in [-0.39, 0.29) is 22.4 Å². The molecule has 1 amide bonds. The van der Waals surface area contributed by atoms with Crippen molar-refractivity contribution < 1.29 is 18.0 Å². The molecule has 0 radical (unpaired) electrons. The average molecular weight is 347 g/mol. The second-order valence-corrected chi connectivity index (χ2v) is 3.89. The highest BCUT2D eigenvalue weighted by molar-refractivity contribution is 9.10. The number of hydrogen-bond donors (Lipinski definition) is 2. The van der Waals surface area contributed by atoms with Crippen LogP contribution in [0.2, 0.25) is 0 Å². The second-order valence-electron chi connectivity index (χ2n) is 3.03. The van der Waals surface area contributed by atoms with Gasteiger partial charge in [-0.05, 0) is 18.2 Å². The van der Waals surface area contributed by atoms with Gasteiger partial charge in [0.25, 0.3) is 5.91 Å². The predicted molar refractivity (Wildman–Crippen MR) is 66.5 cm³/mol. The lowest BCUT2D eigenvalue weighted by Crippen LogP contribution is -2.24. The van der Waals surface area contributed by atoms with Crippen LogP contribution in [0.25, 0.3) is 0 Å². The number of halogens is 5. The van der Waals surface area contributed by atoms with Gasteiger partial charge in [-0.15, -0.1) is 12.4 Å². The van der Waals surface area contributed by atoms with Gasteiger partial charge in [0, 0.05) is 10.0 Å². The normalized spacial score (nSPS) is 10.4. The third-order valence-corrected chi connectivity index (χ3v) is 2.44. The fraction of sp³-hybridized carbons (Fsp3) is 0.111. The van der Waals surface area contributed by atoms with Gasteiger partial charge in [-0.1, -0.05) is 15.9 Å². The van der Waals surface area contributed by atoms with E-state index < -0.39 is 23.6 Å². The Morgan fingerprint density at radius 1 is 1.28 bits per heavy atom. The van der Waals surface area contributed by atoms with E-state index in [1.165, 1.54) is 6.07 Å². The van der Waals surface area contributed by atoms with Gasteiger partial charge in [0.15, 0.2) is 5.96 Å². The van der Waals surface area contributed by atoms with Crippen molar-refractivity contribution in [3.05, 3.63) is 33.8 Å². The van der Waals surface area contributed by atoms with Crippen molar-refractivity contribution in [1.29, 1.82) is 0 Å². The lowest BCUT2D eigenvalue weighted by atomic mass is 10.1. The maximum Gasteiger partial charge on any atom is 0.417 e. The van der Waals surface area contributed by atoms with Crippen LogP contribution in [0.15, 0.2) is 27.7 Å². The molecule has 0 heterocycles. The highest BCUT2D eigenvalue weighted by Gasteiger charge is 2.33. The summed E-state index contributed by atoms with van der Waals surface area (Å²) in [4.78, 5) is 14.5. The first-order chi connectivity index (χ1) is 7.71. The van der Waals surface area contributed by atoms with Gasteiger partial charge in [-0.2, -0.15) is 18.2 Å². The Balaban J connectivity index is 0.00000289. The highest BCUT2D eigenvalue weighted by Crippen LogP contribution is 2.35. The third kappa shape index (κ3) is 4.19. The summed E-state index contributed by atoms with van der Waals surface area (Å²) in [7, 11) is 0. The summed E-state index contributed by atoms with van der Waals surface area (Å²) in [6.07, 6.45) is -4.56. The first kappa shape index (κ1) is 16.7. The van der Waals surface area contributed by atoms with Gasteiger partial charge in [0.05, 0.1) is 5.56 Å². The Kier molecular flexibility index (Phi) is 5.62. The van der Waals surface area contributed by atoms with Crippen molar-refractivity contribution in [2.24, 2.45) is 16.5 Å². The van der Waals surface area contributed by atoms with Gasteiger partial charge in [-0.3, -0.25) is 4.79 Å². The van der Waals surface area contributed by atoms with E-state index in [1.54, 1.807) is 0 Å². The van der Waals surface area contributed by atoms with Crippen LogP contribution in [0.5, 0.6) is 0 Å². The molecule has 0 saturated carbocycles. The number of guanidine groups is 1. The fourth-order valence-corrected chi connectivity index (χ4v) is 1.53. The molecule has 0 unspecified atom stereocenters. The second kappa shape index (κ2) is 6.05. The van der Waals surface area contributed by atoms with Crippen LogP contribution in [0.1, 0.15) is 15.9 Å². The number of carbonyl (C=O) groups excluding carboxylic acids is 1. The third-order valence-electron chi connectivity index (χ3n) is 1.75. The number of amides is 1. The molecule has 1 aromatic carbocycles. The Bertz CT molecular complexity index is 486. The van der Waals surface area contributed by atoms with Crippen molar-refractivity contribution in [3.63, 3.8) is 0 Å². The number of benzene rings is 1. The average Bonchev–Trinajstić information content (AvgIpc) is 2.15. The summed E-state index contributed by atoms with van der Waals surface area (Å²) in [6.45, 7) is 0. The van der Waals surface area contributed by atoms with Crippen molar-refractivity contribution in [2.45, 2.75) is 6.18 Å². The maximum atomic E-state index is 12.5. The van der Waals surface area contributed by atoms with Gasteiger partial charge in [-0.25, -0.2) is 0 Å². The Morgan fingerprint density at radius 3 is 2.28 bits per heavy atom. The highest BCUT2D eigenvalue weighted by atomic mass is 79.9. The zero-order chi connectivity index (χ0) is 13.2. The monoisotopic (exact) mass is 345 g/mol. The maximum absolute atomic E-state index is 12.5. The summed E-state index contributed by atoms with van der Waals surface area (Å²) < 4.78 is 37.4.